The van der Waals surface area contributed by atoms with Crippen molar-refractivity contribution in [3.8, 4) is 0 Å². The topological polar surface area (TPSA) is 72.4 Å². The molecule has 25 heavy (non-hydrogen) atoms. The molecule has 0 unspecified atom stereocenters. The second-order valence-electron chi connectivity index (χ2n) is 5.28. The molecule has 0 fully saturated rings. The second kappa shape index (κ2) is 6.42. The molecule has 3 aromatic rings. The van der Waals surface area contributed by atoms with Crippen LogP contribution in [-0.2, 0) is 17.5 Å². The normalized spacial score (nSPS) is 12.6. The molecule has 0 radical (unpaired) electrons. The van der Waals surface area contributed by atoms with Crippen molar-refractivity contribution in [2.75, 3.05) is 0 Å². The molecule has 0 aliphatic heterocycles. The second-order valence-corrected chi connectivity index (χ2v) is 5.28. The fourth-order valence-electron chi connectivity index (χ4n) is 2.14. The number of rotatable bonds is 4. The van der Waals surface area contributed by atoms with Crippen molar-refractivity contribution >= 4 is 22.6 Å². The van der Waals surface area contributed by atoms with E-state index in [1.807, 2.05) is 18.2 Å². The van der Waals surface area contributed by atoms with Crippen LogP contribution in [0.4, 0.5) is 13.2 Å². The Morgan fingerprint density at radius 1 is 1.32 bits per heavy atom. The van der Waals surface area contributed by atoms with E-state index < -0.39 is 17.8 Å². The molecular weight excluding hydrogens is 337 g/mol. The average molecular weight is 350 g/mol. The molecule has 9 heteroatoms. The van der Waals surface area contributed by atoms with Crippen molar-refractivity contribution in [1.82, 2.24) is 15.2 Å². The van der Waals surface area contributed by atoms with Crippen LogP contribution in [-0.4, -0.2) is 21.4 Å². The Bertz CT molecular complexity index is 907. The van der Waals surface area contributed by atoms with E-state index in [0.29, 0.717) is 17.1 Å². The van der Waals surface area contributed by atoms with Crippen molar-refractivity contribution in [2.45, 2.75) is 19.6 Å². The highest BCUT2D eigenvalue weighted by molar-refractivity contribution is 6.00. The number of furan rings is 1. The number of hydrogen-bond acceptors (Lipinski definition) is 4. The Kier molecular flexibility index (Phi) is 4.30. The lowest BCUT2D eigenvalue weighted by atomic mass is 10.2. The third-order valence-electron chi connectivity index (χ3n) is 3.37. The molecule has 0 aliphatic carbocycles. The van der Waals surface area contributed by atoms with E-state index in [1.54, 1.807) is 19.1 Å². The lowest BCUT2D eigenvalue weighted by Gasteiger charge is -2.03. The fraction of sp³-hybridized carbons (Fsp3) is 0.188. The Labute approximate surface area is 139 Å². The number of benzene rings is 1. The Balaban J connectivity index is 1.64. The van der Waals surface area contributed by atoms with Crippen molar-refractivity contribution in [1.29, 1.82) is 0 Å². The lowest BCUT2D eigenvalue weighted by molar-refractivity contribution is -0.141. The van der Waals surface area contributed by atoms with E-state index in [1.165, 1.54) is 0 Å². The number of aromatic nitrogens is 2. The summed E-state index contributed by atoms with van der Waals surface area (Å²) in [7, 11) is 0. The lowest BCUT2D eigenvalue weighted by Crippen LogP contribution is -2.24. The van der Waals surface area contributed by atoms with Crippen LogP contribution < -0.4 is 5.43 Å². The molecular formula is C16H13F3N4O2. The van der Waals surface area contributed by atoms with Gasteiger partial charge in [0.2, 0.25) is 0 Å². The Hall–Kier alpha value is -3.10. The minimum absolute atomic E-state index is 0.382. The molecule has 0 saturated carbocycles. The highest BCUT2D eigenvalue weighted by Crippen LogP contribution is 2.27. The first-order valence-corrected chi connectivity index (χ1v) is 7.25. The smallest absolute Gasteiger partial charge is 0.435 e. The van der Waals surface area contributed by atoms with Gasteiger partial charge in [-0.25, -0.2) is 5.43 Å². The van der Waals surface area contributed by atoms with Gasteiger partial charge in [0.05, 0.1) is 0 Å². The van der Waals surface area contributed by atoms with Crippen molar-refractivity contribution < 1.29 is 22.4 Å². The van der Waals surface area contributed by atoms with Gasteiger partial charge in [-0.1, -0.05) is 18.2 Å². The van der Waals surface area contributed by atoms with Crippen LogP contribution in [0.1, 0.15) is 18.4 Å². The molecule has 0 saturated heterocycles. The van der Waals surface area contributed by atoms with Gasteiger partial charge >= 0.3 is 6.18 Å². The Morgan fingerprint density at radius 3 is 2.76 bits per heavy atom. The molecule has 2 aromatic heterocycles. The molecule has 1 N–H and O–H groups in total. The summed E-state index contributed by atoms with van der Waals surface area (Å²) in [5.74, 6) is -0.118. The number of halogens is 3. The van der Waals surface area contributed by atoms with Gasteiger partial charge in [0.1, 0.15) is 17.8 Å². The molecule has 0 aliphatic rings. The van der Waals surface area contributed by atoms with Gasteiger partial charge in [0.25, 0.3) is 5.91 Å². The largest absolute Gasteiger partial charge is 0.455 e. The Morgan fingerprint density at radius 2 is 2.08 bits per heavy atom. The standard InChI is InChI=1S/C16H13F3N4O2/c1-10(13-8-11-4-2-3-5-12(11)25-13)20-21-15(24)9-23-7-6-14(22-23)16(17,18)19/h2-8H,9H2,1H3,(H,21,24)/b20-10+. The van der Waals surface area contributed by atoms with E-state index in [0.717, 1.165) is 22.3 Å². The summed E-state index contributed by atoms with van der Waals surface area (Å²) in [4.78, 5) is 11.8. The maximum absolute atomic E-state index is 12.5. The van der Waals surface area contributed by atoms with Crippen LogP contribution >= 0.6 is 0 Å². The zero-order valence-electron chi connectivity index (χ0n) is 13.0. The van der Waals surface area contributed by atoms with Crippen LogP contribution in [0.3, 0.4) is 0 Å². The predicted octanol–water partition coefficient (Wildman–Crippen LogP) is 3.19. The first kappa shape index (κ1) is 16.7. The van der Waals surface area contributed by atoms with Crippen LogP contribution in [0.2, 0.25) is 0 Å². The van der Waals surface area contributed by atoms with Gasteiger partial charge in [0, 0.05) is 11.6 Å². The molecule has 6 nitrogen and oxygen atoms in total. The van der Waals surface area contributed by atoms with E-state index in [-0.39, 0.29) is 6.54 Å². The molecule has 3 rings (SSSR count). The van der Waals surface area contributed by atoms with E-state index in [9.17, 15) is 18.0 Å². The minimum atomic E-state index is -4.54. The summed E-state index contributed by atoms with van der Waals surface area (Å²) in [5, 5.41) is 8.10. The molecule has 0 spiro atoms. The molecule has 1 aromatic carbocycles. The summed E-state index contributed by atoms with van der Waals surface area (Å²) in [5.41, 5.74) is 2.34. The first-order chi connectivity index (χ1) is 11.8. The number of carbonyl (C=O) groups is 1. The van der Waals surface area contributed by atoms with Gasteiger partial charge in [-0.15, -0.1) is 0 Å². The minimum Gasteiger partial charge on any atom is -0.455 e. The zero-order chi connectivity index (χ0) is 18.0. The van der Waals surface area contributed by atoms with E-state index in [4.69, 9.17) is 4.42 Å². The van der Waals surface area contributed by atoms with Gasteiger partial charge in [0.15, 0.2) is 11.5 Å². The van der Waals surface area contributed by atoms with Crippen LogP contribution in [0.25, 0.3) is 11.0 Å². The third-order valence-corrected chi connectivity index (χ3v) is 3.37. The maximum atomic E-state index is 12.5. The maximum Gasteiger partial charge on any atom is 0.435 e. The van der Waals surface area contributed by atoms with Gasteiger partial charge in [-0.2, -0.15) is 23.4 Å². The fourth-order valence-corrected chi connectivity index (χ4v) is 2.14. The number of hydrazone groups is 1. The number of carbonyl (C=O) groups excluding carboxylic acids is 1. The molecule has 130 valence electrons. The highest BCUT2D eigenvalue weighted by atomic mass is 19.4. The number of amides is 1. The summed E-state index contributed by atoms with van der Waals surface area (Å²) >= 11 is 0. The van der Waals surface area contributed by atoms with Crippen LogP contribution in [0.15, 0.2) is 52.1 Å². The number of fused-ring (bicyclic) bond motifs is 1. The van der Waals surface area contributed by atoms with E-state index in [2.05, 4.69) is 15.6 Å². The summed E-state index contributed by atoms with van der Waals surface area (Å²) in [6, 6.07) is 9.97. The molecule has 0 bridgehead atoms. The average Bonchev–Trinajstić information content (AvgIpc) is 3.18. The van der Waals surface area contributed by atoms with Crippen molar-refractivity contribution in [3.63, 3.8) is 0 Å². The van der Waals surface area contributed by atoms with E-state index >= 15 is 0 Å². The van der Waals surface area contributed by atoms with Gasteiger partial charge in [-0.05, 0) is 25.1 Å². The first-order valence-electron chi connectivity index (χ1n) is 7.25. The monoisotopic (exact) mass is 350 g/mol. The molecule has 0 atom stereocenters. The van der Waals surface area contributed by atoms with Crippen molar-refractivity contribution in [3.05, 3.63) is 54.0 Å². The zero-order valence-corrected chi connectivity index (χ0v) is 13.0. The number of nitrogens with zero attached hydrogens (tertiary/aromatic N) is 3. The van der Waals surface area contributed by atoms with Crippen LogP contribution in [0.5, 0.6) is 0 Å². The van der Waals surface area contributed by atoms with Crippen LogP contribution in [0, 0.1) is 0 Å². The number of alkyl halides is 3. The predicted molar refractivity (Wildman–Crippen MR) is 83.8 cm³/mol. The van der Waals surface area contributed by atoms with Crippen molar-refractivity contribution in [2.24, 2.45) is 5.10 Å². The summed E-state index contributed by atoms with van der Waals surface area (Å²) in [6.45, 7) is 1.26. The highest BCUT2D eigenvalue weighted by Gasteiger charge is 2.33. The van der Waals surface area contributed by atoms with Gasteiger partial charge < -0.3 is 4.42 Å². The molecule has 2 heterocycles. The van der Waals surface area contributed by atoms with Gasteiger partial charge in [-0.3, -0.25) is 9.48 Å². The quantitative estimate of drug-likeness (QED) is 0.580. The number of para-hydroxylation sites is 1. The molecule has 1 amide bonds. The number of nitrogens with one attached hydrogen (secondary N) is 1. The number of hydrogen-bond donors (Lipinski definition) is 1. The third kappa shape index (κ3) is 3.87. The summed E-state index contributed by atoms with van der Waals surface area (Å²) in [6.07, 6.45) is -3.46. The summed E-state index contributed by atoms with van der Waals surface area (Å²) < 4.78 is 43.9. The SMILES string of the molecule is C/C(=N\NC(=O)Cn1ccc(C(F)(F)F)n1)c1cc2ccccc2o1.